The van der Waals surface area contributed by atoms with Gasteiger partial charge in [0.15, 0.2) is 0 Å². The second-order valence-electron chi connectivity index (χ2n) is 9.98. The van der Waals surface area contributed by atoms with Crippen LogP contribution in [0.25, 0.3) is 0 Å². The first-order valence-electron chi connectivity index (χ1n) is 11.5. The molecular formula is C25H39N3O7. The van der Waals surface area contributed by atoms with E-state index in [1.165, 1.54) is 25.0 Å². The molecule has 10 heteroatoms. The zero-order valence-electron chi connectivity index (χ0n) is 22.1. The average molecular weight is 494 g/mol. The second kappa shape index (κ2) is 11.9. The van der Waals surface area contributed by atoms with Crippen LogP contribution >= 0.6 is 0 Å². The van der Waals surface area contributed by atoms with Crippen LogP contribution in [0, 0.1) is 6.92 Å². The molecule has 1 rings (SSSR count). The van der Waals surface area contributed by atoms with Crippen molar-refractivity contribution in [3.05, 3.63) is 29.3 Å². The van der Waals surface area contributed by atoms with Crippen LogP contribution in [0.15, 0.2) is 18.2 Å². The van der Waals surface area contributed by atoms with Crippen LogP contribution in [0.1, 0.15) is 72.1 Å². The summed E-state index contributed by atoms with van der Waals surface area (Å²) in [7, 11) is 1.20. The summed E-state index contributed by atoms with van der Waals surface area (Å²) in [4.78, 5) is 52.5. The summed E-state index contributed by atoms with van der Waals surface area (Å²) in [6.07, 6.45) is -0.282. The minimum Gasteiger partial charge on any atom is -0.508 e. The number of hydrogen-bond acceptors (Lipinski definition) is 7. The van der Waals surface area contributed by atoms with Crippen molar-refractivity contribution in [2.24, 2.45) is 0 Å². The van der Waals surface area contributed by atoms with E-state index in [0.717, 1.165) is 0 Å². The SMILES string of the molecule is CCC(C)(C)N(C(=O)C(C)NC(=O)OC(C)(C)C)C(C(=O)NCC(=O)OC)c1ccc(O)c(C)c1. The number of amides is 3. The number of aryl methyl sites for hydroxylation is 1. The molecule has 0 aliphatic heterocycles. The number of ether oxygens (including phenoxy) is 2. The van der Waals surface area contributed by atoms with Crippen molar-refractivity contribution >= 4 is 23.9 Å². The number of nitrogens with one attached hydrogen (secondary N) is 2. The third-order valence-electron chi connectivity index (χ3n) is 5.54. The molecule has 0 saturated carbocycles. The Labute approximate surface area is 207 Å². The molecule has 0 bridgehead atoms. The van der Waals surface area contributed by atoms with Gasteiger partial charge in [-0.1, -0.05) is 13.0 Å². The van der Waals surface area contributed by atoms with Gasteiger partial charge in [-0.05, 0) is 78.1 Å². The number of carbonyl (C=O) groups excluding carboxylic acids is 4. The number of alkyl carbamates (subject to hydrolysis) is 1. The van der Waals surface area contributed by atoms with Gasteiger partial charge in [0, 0.05) is 5.54 Å². The minimum absolute atomic E-state index is 0.0371. The van der Waals surface area contributed by atoms with Gasteiger partial charge in [0.2, 0.25) is 11.8 Å². The number of methoxy groups -OCH3 is 1. The van der Waals surface area contributed by atoms with Crippen LogP contribution < -0.4 is 10.6 Å². The Kier molecular flexibility index (Phi) is 10.1. The lowest BCUT2D eigenvalue weighted by Gasteiger charge is -2.44. The van der Waals surface area contributed by atoms with Gasteiger partial charge in [0.05, 0.1) is 7.11 Å². The van der Waals surface area contributed by atoms with E-state index in [2.05, 4.69) is 15.4 Å². The summed E-state index contributed by atoms with van der Waals surface area (Å²) in [5.41, 5.74) is -0.647. The molecule has 0 radical (unpaired) electrons. The van der Waals surface area contributed by atoms with Gasteiger partial charge in [-0.25, -0.2) is 4.79 Å². The molecule has 2 atom stereocenters. The predicted molar refractivity (Wildman–Crippen MR) is 131 cm³/mol. The van der Waals surface area contributed by atoms with Crippen LogP contribution in [-0.4, -0.2) is 64.7 Å². The van der Waals surface area contributed by atoms with Crippen molar-refractivity contribution < 1.29 is 33.8 Å². The Hall–Kier alpha value is -3.30. The molecule has 1 aromatic carbocycles. The van der Waals surface area contributed by atoms with Crippen LogP contribution in [0.2, 0.25) is 0 Å². The standard InChI is InChI=1S/C25H39N3O7/c1-10-25(7,8)28(22(32)16(3)27-23(33)35-24(4,5)6)20(21(31)26-14-19(30)34-9)17-11-12-18(29)15(2)13-17/h11-13,16,20,29H,10,14H2,1-9H3,(H,26,31)(H,27,33). The minimum atomic E-state index is -1.16. The zero-order chi connectivity index (χ0) is 27.1. The van der Waals surface area contributed by atoms with Gasteiger partial charge in [0.25, 0.3) is 0 Å². The number of hydrogen-bond donors (Lipinski definition) is 3. The Bertz CT molecular complexity index is 937. The number of nitrogens with zero attached hydrogens (tertiary/aromatic N) is 1. The van der Waals surface area contributed by atoms with Crippen LogP contribution in [0.4, 0.5) is 4.79 Å². The largest absolute Gasteiger partial charge is 0.508 e. The fraction of sp³-hybridized carbons (Fsp3) is 0.600. The van der Waals surface area contributed by atoms with E-state index in [-0.39, 0.29) is 12.3 Å². The maximum Gasteiger partial charge on any atom is 0.408 e. The molecule has 3 N–H and O–H groups in total. The fourth-order valence-electron chi connectivity index (χ4n) is 3.29. The number of esters is 1. The molecule has 0 fully saturated rings. The Balaban J connectivity index is 3.51. The lowest BCUT2D eigenvalue weighted by atomic mass is 9.91. The zero-order valence-corrected chi connectivity index (χ0v) is 22.1. The highest BCUT2D eigenvalue weighted by atomic mass is 16.6. The molecule has 0 heterocycles. The van der Waals surface area contributed by atoms with Gasteiger partial charge in [-0.3, -0.25) is 14.4 Å². The summed E-state index contributed by atoms with van der Waals surface area (Å²) >= 11 is 0. The van der Waals surface area contributed by atoms with Crippen molar-refractivity contribution in [1.29, 1.82) is 0 Å². The number of benzene rings is 1. The summed E-state index contributed by atoms with van der Waals surface area (Å²) in [6.45, 7) is 13.4. The highest BCUT2D eigenvalue weighted by Gasteiger charge is 2.42. The monoisotopic (exact) mass is 493 g/mol. The molecular weight excluding hydrogens is 454 g/mol. The first kappa shape index (κ1) is 29.7. The molecule has 2 unspecified atom stereocenters. The van der Waals surface area contributed by atoms with E-state index < -0.39 is 47.1 Å². The summed E-state index contributed by atoms with van der Waals surface area (Å²) in [6, 6.07) is 2.40. The van der Waals surface area contributed by atoms with Gasteiger partial charge >= 0.3 is 12.1 Å². The first-order chi connectivity index (χ1) is 16.0. The molecule has 0 aromatic heterocycles. The average Bonchev–Trinajstić information content (AvgIpc) is 2.75. The number of phenols is 1. The number of aromatic hydroxyl groups is 1. The van der Waals surface area contributed by atoms with Crippen molar-refractivity contribution in [3.63, 3.8) is 0 Å². The van der Waals surface area contributed by atoms with Crippen LogP contribution in [-0.2, 0) is 23.9 Å². The van der Waals surface area contributed by atoms with Crippen molar-refractivity contribution in [2.45, 2.75) is 85.0 Å². The predicted octanol–water partition coefficient (Wildman–Crippen LogP) is 2.96. The van der Waals surface area contributed by atoms with Gasteiger partial charge in [0.1, 0.15) is 30.0 Å². The smallest absolute Gasteiger partial charge is 0.408 e. The Morgan fingerprint density at radius 3 is 2.20 bits per heavy atom. The molecule has 1 aromatic rings. The normalized spacial score (nSPS) is 13.3. The van der Waals surface area contributed by atoms with E-state index in [1.54, 1.807) is 53.7 Å². The maximum absolute atomic E-state index is 13.7. The van der Waals surface area contributed by atoms with Gasteiger partial charge in [-0.15, -0.1) is 0 Å². The van der Waals surface area contributed by atoms with Crippen LogP contribution in [0.5, 0.6) is 5.75 Å². The fourth-order valence-corrected chi connectivity index (χ4v) is 3.29. The lowest BCUT2D eigenvalue weighted by molar-refractivity contribution is -0.149. The molecule has 0 aliphatic rings. The molecule has 196 valence electrons. The van der Waals surface area contributed by atoms with Crippen LogP contribution in [0.3, 0.4) is 0 Å². The lowest BCUT2D eigenvalue weighted by Crippen LogP contribution is -2.58. The first-order valence-corrected chi connectivity index (χ1v) is 11.5. The van der Waals surface area contributed by atoms with E-state index >= 15 is 0 Å². The van der Waals surface area contributed by atoms with Crippen molar-refractivity contribution in [1.82, 2.24) is 15.5 Å². The summed E-state index contributed by atoms with van der Waals surface area (Å²) in [5, 5.41) is 15.1. The number of rotatable bonds is 9. The van der Waals surface area contributed by atoms with Crippen molar-refractivity contribution in [3.8, 4) is 5.75 Å². The van der Waals surface area contributed by atoms with Gasteiger partial charge < -0.3 is 30.1 Å². The van der Waals surface area contributed by atoms with E-state index in [9.17, 15) is 24.3 Å². The molecule has 0 aliphatic carbocycles. The highest BCUT2D eigenvalue weighted by Crippen LogP contribution is 2.33. The Morgan fingerprint density at radius 1 is 1.11 bits per heavy atom. The molecule has 0 spiro atoms. The molecule has 3 amide bonds. The molecule has 10 nitrogen and oxygen atoms in total. The number of phenolic OH excluding ortho intramolecular Hbond substituents is 1. The van der Waals surface area contributed by atoms with Crippen molar-refractivity contribution in [2.75, 3.05) is 13.7 Å². The third-order valence-corrected chi connectivity index (χ3v) is 5.54. The topological polar surface area (TPSA) is 134 Å². The maximum atomic E-state index is 13.7. The molecule has 0 saturated heterocycles. The van der Waals surface area contributed by atoms with Gasteiger partial charge in [-0.2, -0.15) is 0 Å². The highest BCUT2D eigenvalue weighted by molar-refractivity contribution is 5.93. The summed E-state index contributed by atoms with van der Waals surface area (Å²) < 4.78 is 9.88. The number of carbonyl (C=O) groups is 4. The quantitative estimate of drug-likeness (QED) is 0.450. The van der Waals surface area contributed by atoms with E-state index in [0.29, 0.717) is 17.5 Å². The Morgan fingerprint density at radius 2 is 1.71 bits per heavy atom. The van der Waals surface area contributed by atoms with E-state index in [1.807, 2.05) is 6.92 Å². The third kappa shape index (κ3) is 8.45. The second-order valence-corrected chi connectivity index (χ2v) is 9.98. The summed E-state index contributed by atoms with van der Waals surface area (Å²) in [5.74, 6) is -1.74. The van der Waals surface area contributed by atoms with E-state index in [4.69, 9.17) is 4.74 Å². The molecule has 35 heavy (non-hydrogen) atoms.